The fourth-order valence-corrected chi connectivity index (χ4v) is 3.07. The highest BCUT2D eigenvalue weighted by atomic mass is 35.5. The monoisotopic (exact) mass is 338 g/mol. The molecule has 23 heavy (non-hydrogen) atoms. The lowest BCUT2D eigenvalue weighted by molar-refractivity contribution is 0.00932. The number of nitrogens with one attached hydrogen (secondary N) is 1. The molecule has 0 saturated carbocycles. The molecule has 2 unspecified atom stereocenters. The van der Waals surface area contributed by atoms with Crippen molar-refractivity contribution in [3.63, 3.8) is 0 Å². The zero-order valence-corrected chi connectivity index (χ0v) is 15.2. The van der Waals surface area contributed by atoms with Crippen LogP contribution in [0.1, 0.15) is 46.1 Å². The van der Waals surface area contributed by atoms with Crippen LogP contribution in [-0.2, 0) is 11.3 Å². The molecule has 1 aromatic rings. The lowest BCUT2D eigenvalue weighted by atomic mass is 9.98. The number of likely N-dealkylation sites (tertiary alicyclic amines) is 1. The number of rotatable bonds is 3. The van der Waals surface area contributed by atoms with Crippen LogP contribution < -0.4 is 5.32 Å². The smallest absolute Gasteiger partial charge is 0.410 e. The molecule has 1 amide bonds. The lowest BCUT2D eigenvalue weighted by Crippen LogP contribution is -2.50. The first kappa shape index (κ1) is 18.1. The van der Waals surface area contributed by atoms with Crippen molar-refractivity contribution in [3.05, 3.63) is 34.9 Å². The van der Waals surface area contributed by atoms with Crippen molar-refractivity contribution in [2.24, 2.45) is 0 Å². The van der Waals surface area contributed by atoms with E-state index in [1.54, 1.807) is 0 Å². The average Bonchev–Trinajstić information content (AvgIpc) is 2.43. The summed E-state index contributed by atoms with van der Waals surface area (Å²) in [6.07, 6.45) is 1.66. The highest BCUT2D eigenvalue weighted by Crippen LogP contribution is 2.21. The molecule has 0 aliphatic carbocycles. The molecule has 0 radical (unpaired) electrons. The van der Waals surface area contributed by atoms with Crippen molar-refractivity contribution in [2.45, 2.75) is 64.8 Å². The molecule has 5 heteroatoms. The number of hydrogen-bond donors (Lipinski definition) is 1. The Balaban J connectivity index is 1.83. The van der Waals surface area contributed by atoms with Gasteiger partial charge in [0.1, 0.15) is 5.60 Å². The molecule has 0 spiro atoms. The summed E-state index contributed by atoms with van der Waals surface area (Å²) >= 11 is 6.01. The maximum atomic E-state index is 12.2. The van der Waals surface area contributed by atoms with Crippen molar-refractivity contribution in [2.75, 3.05) is 6.54 Å². The van der Waals surface area contributed by atoms with Crippen LogP contribution >= 0.6 is 11.6 Å². The van der Waals surface area contributed by atoms with Crippen LogP contribution in [0.2, 0.25) is 5.02 Å². The number of amides is 1. The van der Waals surface area contributed by atoms with Crippen molar-refractivity contribution in [3.8, 4) is 0 Å². The number of hydrogen-bond acceptors (Lipinski definition) is 3. The van der Waals surface area contributed by atoms with E-state index in [0.717, 1.165) is 31.0 Å². The van der Waals surface area contributed by atoms with Gasteiger partial charge in [-0.2, -0.15) is 0 Å². The van der Waals surface area contributed by atoms with Crippen LogP contribution in [0.25, 0.3) is 0 Å². The minimum atomic E-state index is -0.446. The third-order valence-electron chi connectivity index (χ3n) is 3.99. The zero-order valence-electron chi connectivity index (χ0n) is 14.4. The largest absolute Gasteiger partial charge is 0.444 e. The maximum absolute atomic E-state index is 12.2. The van der Waals surface area contributed by atoms with Gasteiger partial charge in [-0.25, -0.2) is 4.79 Å². The molecule has 0 aromatic heterocycles. The quantitative estimate of drug-likeness (QED) is 0.897. The summed E-state index contributed by atoms with van der Waals surface area (Å²) in [5.74, 6) is 0. The zero-order chi connectivity index (χ0) is 17.0. The summed E-state index contributed by atoms with van der Waals surface area (Å²) in [6, 6.07) is 8.48. The highest BCUT2D eigenvalue weighted by molar-refractivity contribution is 6.30. The summed E-state index contributed by atoms with van der Waals surface area (Å²) in [6.45, 7) is 9.30. The van der Waals surface area contributed by atoms with Gasteiger partial charge in [0.05, 0.1) is 0 Å². The molecule has 1 aliphatic heterocycles. The van der Waals surface area contributed by atoms with Gasteiger partial charge in [-0.15, -0.1) is 0 Å². The number of benzene rings is 1. The standard InChI is InChI=1S/C18H27ClN2O2/c1-13-10-16(20-12-14-6-5-7-15(19)11-14)8-9-21(13)17(22)23-18(2,3)4/h5-7,11,13,16,20H,8-10,12H2,1-4H3. The molecule has 1 aromatic carbocycles. The van der Waals surface area contributed by atoms with Gasteiger partial charge in [-0.1, -0.05) is 23.7 Å². The predicted octanol–water partition coefficient (Wildman–Crippen LogP) is 4.22. The summed E-state index contributed by atoms with van der Waals surface area (Å²) in [4.78, 5) is 14.1. The number of piperidine rings is 1. The van der Waals surface area contributed by atoms with Crippen molar-refractivity contribution in [1.82, 2.24) is 10.2 Å². The van der Waals surface area contributed by atoms with E-state index in [1.807, 2.05) is 43.9 Å². The maximum Gasteiger partial charge on any atom is 0.410 e. The van der Waals surface area contributed by atoms with E-state index in [0.29, 0.717) is 6.04 Å². The van der Waals surface area contributed by atoms with Crippen LogP contribution in [0.5, 0.6) is 0 Å². The van der Waals surface area contributed by atoms with Crippen LogP contribution in [0, 0.1) is 0 Å². The number of carbonyl (C=O) groups is 1. The van der Waals surface area contributed by atoms with E-state index in [1.165, 1.54) is 5.56 Å². The Morgan fingerprint density at radius 3 is 2.78 bits per heavy atom. The topological polar surface area (TPSA) is 41.6 Å². The van der Waals surface area contributed by atoms with Gasteiger partial charge >= 0.3 is 6.09 Å². The summed E-state index contributed by atoms with van der Waals surface area (Å²) in [5.41, 5.74) is 0.734. The first-order valence-corrected chi connectivity index (χ1v) is 8.60. The Labute approximate surface area is 144 Å². The van der Waals surface area contributed by atoms with Crippen LogP contribution in [0.3, 0.4) is 0 Å². The van der Waals surface area contributed by atoms with Gasteiger partial charge in [0.2, 0.25) is 0 Å². The second kappa shape index (κ2) is 7.54. The fourth-order valence-electron chi connectivity index (χ4n) is 2.86. The van der Waals surface area contributed by atoms with Crippen molar-refractivity contribution < 1.29 is 9.53 Å². The molecule has 1 aliphatic rings. The number of ether oxygens (including phenoxy) is 1. The molecule has 0 bridgehead atoms. The van der Waals surface area contributed by atoms with Crippen LogP contribution in [0.15, 0.2) is 24.3 Å². The first-order valence-electron chi connectivity index (χ1n) is 8.22. The lowest BCUT2D eigenvalue weighted by Gasteiger charge is -2.38. The minimum absolute atomic E-state index is 0.176. The molecule has 1 heterocycles. The third kappa shape index (κ3) is 5.70. The van der Waals surface area contributed by atoms with Gasteiger partial charge in [-0.05, 0) is 58.2 Å². The predicted molar refractivity (Wildman–Crippen MR) is 93.7 cm³/mol. The molecule has 4 nitrogen and oxygen atoms in total. The van der Waals surface area contributed by atoms with E-state index in [9.17, 15) is 4.79 Å². The Morgan fingerprint density at radius 1 is 1.43 bits per heavy atom. The molecule has 128 valence electrons. The fraction of sp³-hybridized carbons (Fsp3) is 0.611. The minimum Gasteiger partial charge on any atom is -0.444 e. The van der Waals surface area contributed by atoms with E-state index in [-0.39, 0.29) is 12.1 Å². The third-order valence-corrected chi connectivity index (χ3v) is 4.22. The summed E-state index contributed by atoms with van der Waals surface area (Å²) < 4.78 is 5.48. The van der Waals surface area contributed by atoms with Gasteiger partial charge in [0.25, 0.3) is 0 Å². The van der Waals surface area contributed by atoms with Gasteiger partial charge in [-0.3, -0.25) is 0 Å². The number of nitrogens with zero attached hydrogens (tertiary/aromatic N) is 1. The summed E-state index contributed by atoms with van der Waals surface area (Å²) in [7, 11) is 0. The van der Waals surface area contributed by atoms with Crippen LogP contribution in [0.4, 0.5) is 4.79 Å². The molecular formula is C18H27ClN2O2. The second-order valence-electron chi connectivity index (χ2n) is 7.25. The van der Waals surface area contributed by atoms with E-state index in [4.69, 9.17) is 16.3 Å². The number of halogens is 1. The van der Waals surface area contributed by atoms with E-state index < -0.39 is 5.60 Å². The molecule has 2 rings (SSSR count). The molecule has 2 atom stereocenters. The normalized spacial score (nSPS) is 22.0. The van der Waals surface area contributed by atoms with Crippen molar-refractivity contribution >= 4 is 17.7 Å². The van der Waals surface area contributed by atoms with Crippen LogP contribution in [-0.4, -0.2) is 35.2 Å². The second-order valence-corrected chi connectivity index (χ2v) is 7.69. The van der Waals surface area contributed by atoms with Gasteiger partial charge < -0.3 is 15.0 Å². The SMILES string of the molecule is CC1CC(NCc2cccc(Cl)c2)CCN1C(=O)OC(C)(C)C. The van der Waals surface area contributed by atoms with Crippen molar-refractivity contribution in [1.29, 1.82) is 0 Å². The number of carbonyl (C=O) groups excluding carboxylic acids is 1. The highest BCUT2D eigenvalue weighted by Gasteiger charge is 2.31. The average molecular weight is 339 g/mol. The van der Waals surface area contributed by atoms with Gasteiger partial charge in [0.15, 0.2) is 0 Å². The molecular weight excluding hydrogens is 312 g/mol. The molecule has 1 N–H and O–H groups in total. The van der Waals surface area contributed by atoms with E-state index in [2.05, 4.69) is 18.3 Å². The Kier molecular flexibility index (Phi) is 5.93. The molecule has 1 fully saturated rings. The Hall–Kier alpha value is -1.26. The molecule has 1 saturated heterocycles. The first-order chi connectivity index (χ1) is 10.7. The Morgan fingerprint density at radius 2 is 2.17 bits per heavy atom. The van der Waals surface area contributed by atoms with E-state index >= 15 is 0 Å². The van der Waals surface area contributed by atoms with Gasteiger partial charge in [0, 0.05) is 30.2 Å². The summed E-state index contributed by atoms with van der Waals surface area (Å²) in [5, 5.41) is 4.33. The Bertz CT molecular complexity index is 542.